The van der Waals surface area contributed by atoms with Crippen LogP contribution < -0.4 is 0 Å². The van der Waals surface area contributed by atoms with Crippen molar-refractivity contribution >= 4 is 22.4 Å². The van der Waals surface area contributed by atoms with Gasteiger partial charge in [-0.25, -0.2) is 8.42 Å². The van der Waals surface area contributed by atoms with Crippen molar-refractivity contribution in [3.63, 3.8) is 0 Å². The molecule has 8 heteroatoms. The molecule has 1 aliphatic heterocycles. The van der Waals surface area contributed by atoms with E-state index in [4.69, 9.17) is 4.42 Å². The summed E-state index contributed by atoms with van der Waals surface area (Å²) in [7, 11) is -3.21. The number of rotatable bonds is 9. The highest BCUT2D eigenvalue weighted by Crippen LogP contribution is 2.48. The van der Waals surface area contributed by atoms with Gasteiger partial charge >= 0.3 is 0 Å². The van der Waals surface area contributed by atoms with Gasteiger partial charge in [-0.1, -0.05) is 37.3 Å². The van der Waals surface area contributed by atoms with Crippen LogP contribution in [0, 0.1) is 0 Å². The van der Waals surface area contributed by atoms with Crippen LogP contribution in [0.4, 0.5) is 0 Å². The topological polar surface area (TPSA) is 57.0 Å². The van der Waals surface area contributed by atoms with E-state index in [1.165, 1.54) is 29.0 Å². The quantitative estimate of drug-likeness (QED) is 0.566. The van der Waals surface area contributed by atoms with Crippen molar-refractivity contribution in [1.82, 2.24) is 14.1 Å². The Labute approximate surface area is 192 Å². The van der Waals surface area contributed by atoms with Crippen LogP contribution in [0.15, 0.2) is 46.9 Å². The summed E-state index contributed by atoms with van der Waals surface area (Å²) < 4.78 is 30.9. The first kappa shape index (κ1) is 24.3. The second-order valence-electron chi connectivity index (χ2n) is 8.76. The number of hydrogen-bond donors (Lipinski definition) is 0. The Balaban J connectivity index is 0.00000272. The van der Waals surface area contributed by atoms with Crippen molar-refractivity contribution < 1.29 is 12.8 Å². The van der Waals surface area contributed by atoms with Gasteiger partial charge in [0.25, 0.3) is 0 Å². The number of sulfonamides is 1. The molecule has 2 heterocycles. The van der Waals surface area contributed by atoms with Gasteiger partial charge in [0.1, 0.15) is 11.5 Å². The first-order valence-electron chi connectivity index (χ1n) is 10.9. The van der Waals surface area contributed by atoms with Gasteiger partial charge in [0, 0.05) is 44.7 Å². The maximum Gasteiger partial charge on any atom is 0.211 e. The predicted octanol–water partition coefficient (Wildman–Crippen LogP) is 3.33. The third-order valence-corrected chi connectivity index (χ3v) is 7.81. The van der Waals surface area contributed by atoms with Crippen LogP contribution in [-0.2, 0) is 28.5 Å². The lowest BCUT2D eigenvalue weighted by Crippen LogP contribution is -2.48. The van der Waals surface area contributed by atoms with Crippen LogP contribution in [0.5, 0.6) is 0 Å². The molecule has 1 saturated heterocycles. The van der Waals surface area contributed by atoms with E-state index in [-0.39, 0.29) is 12.4 Å². The third kappa shape index (κ3) is 6.11. The van der Waals surface area contributed by atoms with Gasteiger partial charge in [-0.15, -0.1) is 12.4 Å². The van der Waals surface area contributed by atoms with Crippen molar-refractivity contribution in [3.8, 4) is 0 Å². The zero-order valence-electron chi connectivity index (χ0n) is 18.5. The maximum absolute atomic E-state index is 11.8. The van der Waals surface area contributed by atoms with E-state index in [1.54, 1.807) is 0 Å². The lowest BCUT2D eigenvalue weighted by atomic mass is 9.95. The van der Waals surface area contributed by atoms with Crippen LogP contribution in [0.25, 0.3) is 0 Å². The average Bonchev–Trinajstić information content (AvgIpc) is 3.38. The van der Waals surface area contributed by atoms with E-state index in [1.807, 2.05) is 19.1 Å². The van der Waals surface area contributed by atoms with E-state index < -0.39 is 10.0 Å². The summed E-state index contributed by atoms with van der Waals surface area (Å²) >= 11 is 0. The Kier molecular flexibility index (Phi) is 7.86. The highest BCUT2D eigenvalue weighted by molar-refractivity contribution is 7.88. The van der Waals surface area contributed by atoms with Gasteiger partial charge in [-0.3, -0.25) is 9.80 Å². The maximum atomic E-state index is 11.8. The average molecular weight is 468 g/mol. The molecule has 2 fully saturated rings. The molecule has 0 radical (unpaired) electrons. The van der Waals surface area contributed by atoms with E-state index in [2.05, 4.69) is 40.1 Å². The summed E-state index contributed by atoms with van der Waals surface area (Å²) in [6.45, 7) is 8.76. The summed E-state index contributed by atoms with van der Waals surface area (Å²) in [5, 5.41) is 0. The molecule has 1 aromatic carbocycles. The second kappa shape index (κ2) is 10.0. The lowest BCUT2D eigenvalue weighted by molar-refractivity contribution is 0.112. The molecule has 2 aromatic rings. The van der Waals surface area contributed by atoms with Gasteiger partial charge in [-0.2, -0.15) is 4.31 Å². The van der Waals surface area contributed by atoms with Crippen LogP contribution in [0.1, 0.15) is 36.8 Å². The van der Waals surface area contributed by atoms with Crippen molar-refractivity contribution in [3.05, 3.63) is 59.5 Å². The minimum atomic E-state index is -3.21. The zero-order valence-corrected chi connectivity index (χ0v) is 20.1. The van der Waals surface area contributed by atoms with Gasteiger partial charge in [0.2, 0.25) is 10.0 Å². The molecule has 0 unspecified atom stereocenters. The lowest BCUT2D eigenvalue weighted by Gasteiger charge is -2.36. The number of nitrogens with zero attached hydrogens (tertiary/aromatic N) is 3. The number of benzene rings is 1. The third-order valence-electron chi connectivity index (χ3n) is 6.48. The largest absolute Gasteiger partial charge is 0.463 e. The molecule has 4 rings (SSSR count). The monoisotopic (exact) mass is 467 g/mol. The minimum Gasteiger partial charge on any atom is -0.463 e. The molecule has 1 aromatic heterocycles. The molecule has 2 aliphatic rings. The first-order chi connectivity index (χ1) is 14.4. The fourth-order valence-electron chi connectivity index (χ4n) is 4.46. The van der Waals surface area contributed by atoms with E-state index in [9.17, 15) is 8.42 Å². The summed E-state index contributed by atoms with van der Waals surface area (Å²) in [6.07, 6.45) is 3.84. The number of piperazine rings is 1. The number of hydrogen-bond acceptors (Lipinski definition) is 5. The second-order valence-corrected chi connectivity index (χ2v) is 10.7. The van der Waals surface area contributed by atoms with Crippen LogP contribution in [0.2, 0.25) is 0 Å². The van der Waals surface area contributed by atoms with Crippen molar-refractivity contribution in [2.24, 2.45) is 0 Å². The van der Waals surface area contributed by atoms with E-state index in [0.29, 0.717) is 24.3 Å². The van der Waals surface area contributed by atoms with Gasteiger partial charge in [0.15, 0.2) is 0 Å². The number of halogens is 1. The molecular weight excluding hydrogens is 434 g/mol. The first-order valence-corrected chi connectivity index (χ1v) is 12.8. The molecule has 172 valence electrons. The smallest absolute Gasteiger partial charge is 0.211 e. The Bertz CT molecular complexity index is 936. The van der Waals surface area contributed by atoms with Crippen LogP contribution >= 0.6 is 12.4 Å². The van der Waals surface area contributed by atoms with Crippen molar-refractivity contribution in [2.75, 3.05) is 45.5 Å². The van der Waals surface area contributed by atoms with E-state index >= 15 is 0 Å². The summed E-state index contributed by atoms with van der Waals surface area (Å²) in [6, 6.07) is 14.8. The molecule has 31 heavy (non-hydrogen) atoms. The SMILES string of the molecule is CCN(Cc1ccc(CN2CCN(CC3(c4ccccc4)CC3)CC2)o1)S(C)(=O)=O.Cl. The molecule has 6 nitrogen and oxygen atoms in total. The normalized spacial score (nSPS) is 19.3. The summed E-state index contributed by atoms with van der Waals surface area (Å²) in [5.41, 5.74) is 1.87. The van der Waals surface area contributed by atoms with Gasteiger partial charge in [0.05, 0.1) is 19.3 Å². The van der Waals surface area contributed by atoms with Crippen molar-refractivity contribution in [2.45, 2.75) is 38.3 Å². The van der Waals surface area contributed by atoms with Crippen LogP contribution in [-0.4, -0.2) is 68.0 Å². The zero-order chi connectivity index (χ0) is 21.2. The highest BCUT2D eigenvalue weighted by Gasteiger charge is 2.45. The highest BCUT2D eigenvalue weighted by atomic mass is 35.5. The fraction of sp³-hybridized carbons (Fsp3) is 0.565. The summed E-state index contributed by atoms with van der Waals surface area (Å²) in [5.74, 6) is 1.61. The molecule has 1 aliphatic carbocycles. The number of furan rings is 1. The Hall–Kier alpha value is -1.38. The molecule has 0 bridgehead atoms. The van der Waals surface area contributed by atoms with Crippen LogP contribution in [0.3, 0.4) is 0 Å². The molecule has 1 saturated carbocycles. The molecular formula is C23H34ClN3O3S. The molecule has 0 amide bonds. The van der Waals surface area contributed by atoms with Gasteiger partial charge in [-0.05, 0) is 30.5 Å². The minimum absolute atomic E-state index is 0. The molecule has 0 atom stereocenters. The fourth-order valence-corrected chi connectivity index (χ4v) is 5.30. The summed E-state index contributed by atoms with van der Waals surface area (Å²) in [4.78, 5) is 5.03. The Morgan fingerprint density at radius 2 is 1.58 bits per heavy atom. The Morgan fingerprint density at radius 3 is 2.16 bits per heavy atom. The van der Waals surface area contributed by atoms with Crippen molar-refractivity contribution in [1.29, 1.82) is 0 Å². The Morgan fingerprint density at radius 1 is 0.968 bits per heavy atom. The molecule has 0 spiro atoms. The predicted molar refractivity (Wildman–Crippen MR) is 126 cm³/mol. The van der Waals surface area contributed by atoms with Gasteiger partial charge < -0.3 is 4.42 Å². The standard InChI is InChI=1S/C23H33N3O3S.ClH/c1-3-26(30(2,27)28)18-22-10-9-21(29-22)17-24-13-15-25(16-14-24)19-23(11-12-23)20-7-5-4-6-8-20;/h4-10H,3,11-19H2,1-2H3;1H. The van der Waals surface area contributed by atoms with E-state index in [0.717, 1.165) is 45.0 Å². The molecule has 0 N–H and O–H groups in total.